The number of nitrogens with zero attached hydrogens (tertiary/aromatic N) is 1. The minimum Gasteiger partial charge on any atom is -0.380 e. The maximum absolute atomic E-state index is 5.88. The molecule has 1 unspecified atom stereocenters. The summed E-state index contributed by atoms with van der Waals surface area (Å²) in [6.07, 6.45) is 1.12. The van der Waals surface area contributed by atoms with E-state index in [1.165, 1.54) is 4.88 Å². The van der Waals surface area contributed by atoms with Crippen LogP contribution in [0.15, 0.2) is 12.1 Å². The summed E-state index contributed by atoms with van der Waals surface area (Å²) in [6, 6.07) is 4.01. The van der Waals surface area contributed by atoms with E-state index in [0.29, 0.717) is 6.54 Å². The molecule has 5 heteroatoms. The van der Waals surface area contributed by atoms with Gasteiger partial charge in [-0.05, 0) is 25.6 Å². The van der Waals surface area contributed by atoms with E-state index >= 15 is 0 Å². The zero-order valence-electron chi connectivity index (χ0n) is 9.78. The number of nitrogens with two attached hydrogens (primary N) is 1. The normalized spacial score (nSPS) is 13.3. The smallest absolute Gasteiger partial charge is 0.0931 e. The Kier molecular flexibility index (Phi) is 6.31. The lowest BCUT2D eigenvalue weighted by Crippen LogP contribution is -2.28. The van der Waals surface area contributed by atoms with Crippen molar-refractivity contribution in [2.45, 2.75) is 19.1 Å². The Labute approximate surface area is 106 Å². The molecular weight excluding hydrogens is 244 g/mol. The number of hydrogen-bond acceptors (Lipinski definition) is 4. The number of methoxy groups -OCH3 is 1. The van der Waals surface area contributed by atoms with E-state index in [4.69, 9.17) is 22.1 Å². The van der Waals surface area contributed by atoms with Gasteiger partial charge >= 0.3 is 0 Å². The number of rotatable bonds is 7. The lowest BCUT2D eigenvalue weighted by molar-refractivity contribution is 0.0920. The summed E-state index contributed by atoms with van der Waals surface area (Å²) in [5.41, 5.74) is 5.57. The number of thiophene rings is 1. The third kappa shape index (κ3) is 4.80. The fraction of sp³-hybridized carbons (Fsp3) is 0.636. The molecule has 0 radical (unpaired) electrons. The van der Waals surface area contributed by atoms with Gasteiger partial charge in [0.25, 0.3) is 0 Å². The van der Waals surface area contributed by atoms with Crippen molar-refractivity contribution in [2.24, 2.45) is 5.73 Å². The highest BCUT2D eigenvalue weighted by atomic mass is 35.5. The van der Waals surface area contributed by atoms with E-state index in [1.807, 2.05) is 6.07 Å². The van der Waals surface area contributed by atoms with Crippen molar-refractivity contribution >= 4 is 22.9 Å². The van der Waals surface area contributed by atoms with Gasteiger partial charge in [0.1, 0.15) is 0 Å². The summed E-state index contributed by atoms with van der Waals surface area (Å²) in [4.78, 5) is 3.54. The van der Waals surface area contributed by atoms with Crippen LogP contribution in [-0.2, 0) is 11.3 Å². The third-order valence-electron chi connectivity index (χ3n) is 2.48. The molecule has 92 valence electrons. The molecule has 2 N–H and O–H groups in total. The lowest BCUT2D eigenvalue weighted by Gasteiger charge is -2.19. The number of hydrogen-bond donors (Lipinski definition) is 1. The van der Waals surface area contributed by atoms with Crippen molar-refractivity contribution < 1.29 is 4.74 Å². The molecule has 1 atom stereocenters. The molecule has 3 nitrogen and oxygen atoms in total. The quantitative estimate of drug-likeness (QED) is 0.819. The summed E-state index contributed by atoms with van der Waals surface area (Å²) >= 11 is 7.51. The van der Waals surface area contributed by atoms with Crippen molar-refractivity contribution in [3.05, 3.63) is 21.3 Å². The first-order valence-corrected chi connectivity index (χ1v) is 6.50. The van der Waals surface area contributed by atoms with Crippen LogP contribution in [0.2, 0.25) is 4.34 Å². The second-order valence-corrected chi connectivity index (χ2v) is 5.63. The standard InChI is InChI=1S/C11H19ClN2OS/c1-14(6-5-9(7-13)15-2)8-10-3-4-11(12)16-10/h3-4,9H,5-8,13H2,1-2H3. The van der Waals surface area contributed by atoms with Gasteiger partial charge in [-0.3, -0.25) is 0 Å². The highest BCUT2D eigenvalue weighted by molar-refractivity contribution is 7.16. The summed E-state index contributed by atoms with van der Waals surface area (Å²) in [7, 11) is 3.80. The molecule has 16 heavy (non-hydrogen) atoms. The van der Waals surface area contributed by atoms with Crippen molar-refractivity contribution in [3.63, 3.8) is 0 Å². The Bertz CT molecular complexity index is 302. The fourth-order valence-corrected chi connectivity index (χ4v) is 2.65. The predicted molar refractivity (Wildman–Crippen MR) is 70.1 cm³/mol. The first-order valence-electron chi connectivity index (χ1n) is 5.31. The first-order chi connectivity index (χ1) is 7.65. The molecule has 0 aromatic carbocycles. The van der Waals surface area contributed by atoms with Crippen molar-refractivity contribution in [3.8, 4) is 0 Å². The van der Waals surface area contributed by atoms with Gasteiger partial charge in [-0.1, -0.05) is 11.6 Å². The van der Waals surface area contributed by atoms with E-state index in [1.54, 1.807) is 18.4 Å². The van der Waals surface area contributed by atoms with Crippen LogP contribution in [0.3, 0.4) is 0 Å². The van der Waals surface area contributed by atoms with E-state index in [-0.39, 0.29) is 6.10 Å². The van der Waals surface area contributed by atoms with Gasteiger partial charge in [0.2, 0.25) is 0 Å². The molecule has 0 aliphatic heterocycles. The van der Waals surface area contributed by atoms with Gasteiger partial charge in [-0.25, -0.2) is 0 Å². The van der Waals surface area contributed by atoms with Gasteiger partial charge < -0.3 is 15.4 Å². The number of ether oxygens (including phenoxy) is 1. The Morgan fingerprint density at radius 2 is 2.31 bits per heavy atom. The molecule has 1 heterocycles. The second kappa shape index (κ2) is 7.25. The Morgan fingerprint density at radius 1 is 1.56 bits per heavy atom. The fourth-order valence-electron chi connectivity index (χ4n) is 1.48. The molecular formula is C11H19ClN2OS. The van der Waals surface area contributed by atoms with Crippen molar-refractivity contribution in [1.82, 2.24) is 4.90 Å². The molecule has 0 bridgehead atoms. The summed E-state index contributed by atoms with van der Waals surface area (Å²) in [6.45, 7) is 2.48. The highest BCUT2D eigenvalue weighted by Gasteiger charge is 2.08. The lowest BCUT2D eigenvalue weighted by atomic mass is 10.2. The molecule has 0 saturated heterocycles. The summed E-state index contributed by atoms with van der Waals surface area (Å²) in [5, 5.41) is 0. The zero-order chi connectivity index (χ0) is 12.0. The van der Waals surface area contributed by atoms with Crippen molar-refractivity contribution in [2.75, 3.05) is 27.2 Å². The minimum atomic E-state index is 0.161. The van der Waals surface area contributed by atoms with Crippen molar-refractivity contribution in [1.29, 1.82) is 0 Å². The van der Waals surface area contributed by atoms with Crippen LogP contribution < -0.4 is 5.73 Å². The van der Waals surface area contributed by atoms with Crippen LogP contribution in [0.1, 0.15) is 11.3 Å². The molecule has 0 saturated carbocycles. The molecule has 1 aromatic heterocycles. The largest absolute Gasteiger partial charge is 0.380 e. The van der Waals surface area contributed by atoms with Crippen LogP contribution in [0.5, 0.6) is 0 Å². The minimum absolute atomic E-state index is 0.161. The SMILES string of the molecule is COC(CN)CCN(C)Cc1ccc(Cl)s1. The van der Waals surface area contributed by atoms with E-state index in [9.17, 15) is 0 Å². The maximum Gasteiger partial charge on any atom is 0.0931 e. The van der Waals surface area contributed by atoms with Crippen LogP contribution in [0.4, 0.5) is 0 Å². The Morgan fingerprint density at radius 3 is 2.81 bits per heavy atom. The van der Waals surface area contributed by atoms with E-state index in [0.717, 1.165) is 23.8 Å². The number of halogens is 1. The average molecular weight is 263 g/mol. The topological polar surface area (TPSA) is 38.5 Å². The molecule has 0 aliphatic rings. The van der Waals surface area contributed by atoms with Crippen LogP contribution in [0, 0.1) is 0 Å². The predicted octanol–water partition coefficient (Wildman–Crippen LogP) is 2.20. The molecule has 0 fully saturated rings. The zero-order valence-corrected chi connectivity index (χ0v) is 11.4. The van der Waals surface area contributed by atoms with Gasteiger partial charge in [0.15, 0.2) is 0 Å². The molecule has 0 spiro atoms. The van der Waals surface area contributed by atoms with Crippen LogP contribution in [0.25, 0.3) is 0 Å². The van der Waals surface area contributed by atoms with E-state index < -0.39 is 0 Å². The molecule has 0 amide bonds. The third-order valence-corrected chi connectivity index (χ3v) is 3.70. The Balaban J connectivity index is 2.27. The highest BCUT2D eigenvalue weighted by Crippen LogP contribution is 2.22. The monoisotopic (exact) mass is 262 g/mol. The first kappa shape index (κ1) is 13.9. The maximum atomic E-state index is 5.88. The molecule has 1 aromatic rings. The summed E-state index contributed by atoms with van der Waals surface area (Å²) < 4.78 is 6.08. The van der Waals surface area contributed by atoms with E-state index in [2.05, 4.69) is 18.0 Å². The average Bonchev–Trinajstić information content (AvgIpc) is 2.65. The van der Waals surface area contributed by atoms with Gasteiger partial charge in [0, 0.05) is 31.6 Å². The Hall–Kier alpha value is -0.130. The molecule has 0 aliphatic carbocycles. The van der Waals surface area contributed by atoms with Gasteiger partial charge in [0.05, 0.1) is 10.4 Å². The molecule has 1 rings (SSSR count). The van der Waals surface area contributed by atoms with Gasteiger partial charge in [-0.2, -0.15) is 0 Å². The van der Waals surface area contributed by atoms with Crippen LogP contribution in [-0.4, -0.2) is 38.3 Å². The van der Waals surface area contributed by atoms with Gasteiger partial charge in [-0.15, -0.1) is 11.3 Å². The summed E-state index contributed by atoms with van der Waals surface area (Å²) in [5.74, 6) is 0. The second-order valence-electron chi connectivity index (χ2n) is 3.83. The van der Waals surface area contributed by atoms with Crippen LogP contribution >= 0.6 is 22.9 Å².